The predicted octanol–water partition coefficient (Wildman–Crippen LogP) is 3.45. The number of nitrogens with zero attached hydrogens (tertiary/aromatic N) is 3. The van der Waals surface area contributed by atoms with Crippen LogP contribution in [0.25, 0.3) is 0 Å². The molecule has 0 aliphatic rings. The van der Waals surface area contributed by atoms with E-state index >= 15 is 0 Å². The van der Waals surface area contributed by atoms with Crippen molar-refractivity contribution in [2.24, 2.45) is 5.10 Å². The van der Waals surface area contributed by atoms with Crippen molar-refractivity contribution in [3.05, 3.63) is 71.0 Å². The third-order valence-electron chi connectivity index (χ3n) is 4.64. The van der Waals surface area contributed by atoms with Gasteiger partial charge in [-0.1, -0.05) is 12.1 Å². The maximum Gasteiger partial charge on any atom is 0.435 e. The van der Waals surface area contributed by atoms with Crippen molar-refractivity contribution in [1.29, 1.82) is 0 Å². The van der Waals surface area contributed by atoms with Gasteiger partial charge in [-0.05, 0) is 60.9 Å². The first-order valence-corrected chi connectivity index (χ1v) is 11.4. The SMILES string of the molecule is COc1cc(C=NNC(=O)Cn2ccc(C(F)(F)F)n2)ccc1OS(=O)(=O)c1cc(C)ccc1C. The Balaban J connectivity index is 1.67. The number of ether oxygens (including phenoxy) is 1. The van der Waals surface area contributed by atoms with Crippen molar-refractivity contribution >= 4 is 22.2 Å². The molecule has 2 aromatic carbocycles. The van der Waals surface area contributed by atoms with Gasteiger partial charge in [0.05, 0.1) is 13.3 Å². The van der Waals surface area contributed by atoms with Crippen molar-refractivity contribution in [3.8, 4) is 11.5 Å². The molecule has 9 nitrogen and oxygen atoms in total. The molecule has 1 N–H and O–H groups in total. The average Bonchev–Trinajstić information content (AvgIpc) is 3.25. The van der Waals surface area contributed by atoms with Gasteiger partial charge < -0.3 is 8.92 Å². The summed E-state index contributed by atoms with van der Waals surface area (Å²) in [6, 6.07) is 10.0. The van der Waals surface area contributed by atoms with E-state index in [-0.39, 0.29) is 16.4 Å². The van der Waals surface area contributed by atoms with Crippen LogP contribution in [-0.2, 0) is 27.6 Å². The quantitative estimate of drug-likeness (QED) is 0.282. The molecule has 3 aromatic rings. The summed E-state index contributed by atoms with van der Waals surface area (Å²) in [5.74, 6) is -0.649. The van der Waals surface area contributed by atoms with Gasteiger partial charge in [0.25, 0.3) is 5.91 Å². The highest BCUT2D eigenvalue weighted by molar-refractivity contribution is 7.87. The molecule has 0 saturated carbocycles. The van der Waals surface area contributed by atoms with E-state index in [2.05, 4.69) is 15.6 Å². The minimum Gasteiger partial charge on any atom is -0.493 e. The molecule has 0 fully saturated rings. The molecule has 0 bridgehead atoms. The van der Waals surface area contributed by atoms with Crippen LogP contribution in [0.15, 0.2) is 58.7 Å². The lowest BCUT2D eigenvalue weighted by Crippen LogP contribution is -2.23. The summed E-state index contributed by atoms with van der Waals surface area (Å²) >= 11 is 0. The molecule has 0 aliphatic heterocycles. The van der Waals surface area contributed by atoms with Crippen LogP contribution >= 0.6 is 0 Å². The third-order valence-corrected chi connectivity index (χ3v) is 6.02. The topological polar surface area (TPSA) is 112 Å². The number of alkyl halides is 3. The highest BCUT2D eigenvalue weighted by Crippen LogP contribution is 2.31. The molecular weight excluding hydrogens is 489 g/mol. The number of halogens is 3. The minimum absolute atomic E-state index is 0.0347. The van der Waals surface area contributed by atoms with Gasteiger partial charge in [-0.25, -0.2) is 5.43 Å². The standard InChI is InChI=1S/C22H21F3N4O5S/c1-14-4-5-15(2)19(10-14)35(31,32)34-17-7-6-16(11-18(17)33-3)12-26-27-21(30)13-29-9-8-20(28-29)22(23,24)25/h4-12H,13H2,1-3H3,(H,27,30). The largest absolute Gasteiger partial charge is 0.493 e. The molecule has 0 atom stereocenters. The Morgan fingerprint density at radius 1 is 1.14 bits per heavy atom. The Kier molecular flexibility index (Phi) is 7.48. The van der Waals surface area contributed by atoms with Gasteiger partial charge in [0.2, 0.25) is 0 Å². The van der Waals surface area contributed by atoms with E-state index < -0.39 is 34.4 Å². The second kappa shape index (κ2) is 10.2. The zero-order valence-electron chi connectivity index (χ0n) is 18.8. The molecule has 0 saturated heterocycles. The zero-order chi connectivity index (χ0) is 25.8. The second-order valence-corrected chi connectivity index (χ2v) is 8.92. The summed E-state index contributed by atoms with van der Waals surface area (Å²) in [6.45, 7) is 2.95. The summed E-state index contributed by atoms with van der Waals surface area (Å²) in [4.78, 5) is 11.9. The fraction of sp³-hybridized carbons (Fsp3) is 0.227. The average molecular weight is 510 g/mol. The van der Waals surface area contributed by atoms with Crippen LogP contribution in [0.4, 0.5) is 13.2 Å². The van der Waals surface area contributed by atoms with E-state index in [1.807, 2.05) is 0 Å². The number of carbonyl (C=O) groups excluding carboxylic acids is 1. The van der Waals surface area contributed by atoms with E-state index in [0.29, 0.717) is 11.1 Å². The van der Waals surface area contributed by atoms with E-state index in [4.69, 9.17) is 8.92 Å². The Hall–Kier alpha value is -3.87. The van der Waals surface area contributed by atoms with Gasteiger partial charge in [-0.2, -0.15) is 31.8 Å². The Bertz CT molecular complexity index is 1370. The van der Waals surface area contributed by atoms with Crippen LogP contribution in [0.3, 0.4) is 0 Å². The number of aromatic nitrogens is 2. The summed E-state index contributed by atoms with van der Waals surface area (Å²) in [5, 5.41) is 7.02. The highest BCUT2D eigenvalue weighted by atomic mass is 32.2. The molecule has 0 unspecified atom stereocenters. The maximum absolute atomic E-state index is 12.8. The molecular formula is C22H21F3N4O5S. The summed E-state index contributed by atoms with van der Waals surface area (Å²) < 4.78 is 74.6. The van der Waals surface area contributed by atoms with Crippen LogP contribution in [0.2, 0.25) is 0 Å². The lowest BCUT2D eigenvalue weighted by atomic mass is 10.2. The number of nitrogens with one attached hydrogen (secondary N) is 1. The molecule has 13 heteroatoms. The maximum atomic E-state index is 12.8. The van der Waals surface area contributed by atoms with Gasteiger partial charge in [-0.3, -0.25) is 9.48 Å². The number of aryl methyl sites for hydroxylation is 2. The molecule has 0 aliphatic carbocycles. The number of hydrazone groups is 1. The lowest BCUT2D eigenvalue weighted by molar-refractivity contribution is -0.141. The third kappa shape index (κ3) is 6.59. The molecule has 186 valence electrons. The summed E-state index contributed by atoms with van der Waals surface area (Å²) in [7, 11) is -2.80. The number of methoxy groups -OCH3 is 1. The smallest absolute Gasteiger partial charge is 0.435 e. The van der Waals surface area contributed by atoms with Crippen molar-refractivity contribution in [1.82, 2.24) is 15.2 Å². The highest BCUT2D eigenvalue weighted by Gasteiger charge is 2.33. The number of benzene rings is 2. The molecule has 0 spiro atoms. The monoisotopic (exact) mass is 510 g/mol. The van der Waals surface area contributed by atoms with Crippen LogP contribution in [0, 0.1) is 13.8 Å². The van der Waals surface area contributed by atoms with Crippen molar-refractivity contribution in [2.45, 2.75) is 31.5 Å². The molecule has 0 radical (unpaired) electrons. The first kappa shape index (κ1) is 25.7. The van der Waals surface area contributed by atoms with Gasteiger partial charge in [0.1, 0.15) is 11.4 Å². The number of hydrogen-bond donors (Lipinski definition) is 1. The number of rotatable bonds is 8. The Morgan fingerprint density at radius 3 is 2.54 bits per heavy atom. The number of amides is 1. The van der Waals surface area contributed by atoms with Crippen molar-refractivity contribution in [3.63, 3.8) is 0 Å². The van der Waals surface area contributed by atoms with E-state index in [0.717, 1.165) is 22.5 Å². The van der Waals surface area contributed by atoms with Crippen molar-refractivity contribution < 1.29 is 35.3 Å². The van der Waals surface area contributed by atoms with Crippen LogP contribution in [0.1, 0.15) is 22.4 Å². The zero-order valence-corrected chi connectivity index (χ0v) is 19.6. The first-order chi connectivity index (χ1) is 16.4. The first-order valence-electron chi connectivity index (χ1n) is 10.0. The van der Waals surface area contributed by atoms with Gasteiger partial charge >= 0.3 is 16.3 Å². The molecule has 1 aromatic heterocycles. The van der Waals surface area contributed by atoms with Crippen molar-refractivity contribution in [2.75, 3.05) is 7.11 Å². The lowest BCUT2D eigenvalue weighted by Gasteiger charge is -2.13. The normalized spacial score (nSPS) is 12.1. The number of hydrogen-bond acceptors (Lipinski definition) is 7. The fourth-order valence-electron chi connectivity index (χ4n) is 2.94. The Morgan fingerprint density at radius 2 is 1.89 bits per heavy atom. The van der Waals surface area contributed by atoms with E-state index in [1.165, 1.54) is 37.6 Å². The van der Waals surface area contributed by atoms with Crippen LogP contribution < -0.4 is 14.3 Å². The molecule has 1 amide bonds. The molecule has 3 rings (SSSR count). The summed E-state index contributed by atoms with van der Waals surface area (Å²) in [6.07, 6.45) is -2.33. The molecule has 1 heterocycles. The van der Waals surface area contributed by atoms with E-state index in [1.54, 1.807) is 26.0 Å². The summed E-state index contributed by atoms with van der Waals surface area (Å²) in [5.41, 5.74) is 2.77. The molecule has 35 heavy (non-hydrogen) atoms. The second-order valence-electron chi connectivity index (χ2n) is 7.41. The van der Waals surface area contributed by atoms with Gasteiger partial charge in [-0.15, -0.1) is 0 Å². The fourth-order valence-corrected chi connectivity index (χ4v) is 4.19. The van der Waals surface area contributed by atoms with Gasteiger partial charge in [0, 0.05) is 6.20 Å². The van der Waals surface area contributed by atoms with Gasteiger partial charge in [0.15, 0.2) is 17.2 Å². The van der Waals surface area contributed by atoms with E-state index in [9.17, 15) is 26.4 Å². The number of carbonyl (C=O) groups is 1. The Labute approximate surface area is 199 Å². The predicted molar refractivity (Wildman–Crippen MR) is 120 cm³/mol. The van der Waals surface area contributed by atoms with Crippen LogP contribution in [-0.4, -0.2) is 37.4 Å². The van der Waals surface area contributed by atoms with Crippen LogP contribution in [0.5, 0.6) is 11.5 Å². The minimum atomic E-state index is -4.60.